The number of halogens is 3. The van der Waals surface area contributed by atoms with Crippen LogP contribution in [0.4, 0.5) is 0 Å². The van der Waals surface area contributed by atoms with Crippen LogP contribution < -0.4 is 11.2 Å². The third kappa shape index (κ3) is 2.71. The Kier molecular flexibility index (Phi) is 4.73. The standard InChI is InChI=1S/C13H11BrCl2N2O2/c1-2-4-7-11(16)17-13(20)18(12(7)19)9-6-3-5-8(15)10(9)14/h3,5-6H,2,4H2,1H3,(H,17,20). The Morgan fingerprint density at radius 3 is 2.65 bits per heavy atom. The zero-order valence-electron chi connectivity index (χ0n) is 10.5. The quantitative estimate of drug-likeness (QED) is 0.831. The Hall–Kier alpha value is -1.04. The molecule has 4 nitrogen and oxygen atoms in total. The first kappa shape index (κ1) is 15.4. The number of aromatic amines is 1. The molecule has 0 unspecified atom stereocenters. The van der Waals surface area contributed by atoms with Crippen LogP contribution in [0.3, 0.4) is 0 Å². The van der Waals surface area contributed by atoms with E-state index in [0.717, 1.165) is 11.0 Å². The highest BCUT2D eigenvalue weighted by Crippen LogP contribution is 2.27. The van der Waals surface area contributed by atoms with Crippen molar-refractivity contribution in [3.8, 4) is 5.69 Å². The van der Waals surface area contributed by atoms with Gasteiger partial charge in [0.25, 0.3) is 5.56 Å². The molecule has 1 heterocycles. The highest BCUT2D eigenvalue weighted by atomic mass is 79.9. The van der Waals surface area contributed by atoms with E-state index in [1.165, 1.54) is 0 Å². The van der Waals surface area contributed by atoms with Crippen molar-refractivity contribution in [1.82, 2.24) is 9.55 Å². The molecule has 0 spiro atoms. The van der Waals surface area contributed by atoms with E-state index < -0.39 is 11.2 Å². The average molecular weight is 378 g/mol. The summed E-state index contributed by atoms with van der Waals surface area (Å²) in [6, 6.07) is 4.97. The van der Waals surface area contributed by atoms with Crippen molar-refractivity contribution in [2.45, 2.75) is 19.8 Å². The SMILES string of the molecule is CCCc1c(Cl)[nH]c(=O)n(-c2cccc(Cl)c2Br)c1=O. The van der Waals surface area contributed by atoms with Crippen molar-refractivity contribution < 1.29 is 0 Å². The minimum atomic E-state index is -0.595. The van der Waals surface area contributed by atoms with E-state index in [-0.39, 0.29) is 5.15 Å². The molecule has 7 heteroatoms. The van der Waals surface area contributed by atoms with E-state index in [4.69, 9.17) is 23.2 Å². The van der Waals surface area contributed by atoms with Crippen LogP contribution in [-0.4, -0.2) is 9.55 Å². The fourth-order valence-electron chi connectivity index (χ4n) is 1.90. The molecule has 20 heavy (non-hydrogen) atoms. The number of nitrogens with one attached hydrogen (secondary N) is 1. The lowest BCUT2D eigenvalue weighted by molar-refractivity contribution is 0.810. The number of nitrogens with zero attached hydrogens (tertiary/aromatic N) is 1. The molecule has 2 aromatic rings. The van der Waals surface area contributed by atoms with E-state index >= 15 is 0 Å². The van der Waals surface area contributed by atoms with Gasteiger partial charge in [-0.1, -0.05) is 42.6 Å². The van der Waals surface area contributed by atoms with Gasteiger partial charge in [-0.25, -0.2) is 9.36 Å². The molecule has 0 atom stereocenters. The number of rotatable bonds is 3. The number of hydrogen-bond acceptors (Lipinski definition) is 2. The molecule has 1 aromatic carbocycles. The highest BCUT2D eigenvalue weighted by Gasteiger charge is 2.16. The first-order valence-electron chi connectivity index (χ1n) is 5.95. The molecule has 0 saturated heterocycles. The molecule has 0 aliphatic rings. The molecular weight excluding hydrogens is 367 g/mol. The Morgan fingerprint density at radius 2 is 2.00 bits per heavy atom. The van der Waals surface area contributed by atoms with Gasteiger partial charge in [-0.05, 0) is 34.5 Å². The van der Waals surface area contributed by atoms with Crippen LogP contribution in [-0.2, 0) is 6.42 Å². The summed E-state index contributed by atoms with van der Waals surface area (Å²) in [5.41, 5.74) is -0.246. The van der Waals surface area contributed by atoms with Gasteiger partial charge in [-0.2, -0.15) is 0 Å². The van der Waals surface area contributed by atoms with Crippen molar-refractivity contribution in [1.29, 1.82) is 0 Å². The predicted octanol–water partition coefficient (Wildman–Crippen LogP) is 3.55. The van der Waals surface area contributed by atoms with Crippen molar-refractivity contribution in [2.75, 3.05) is 0 Å². The molecule has 0 aliphatic carbocycles. The third-order valence-electron chi connectivity index (χ3n) is 2.82. The Labute approximate surface area is 133 Å². The van der Waals surface area contributed by atoms with Crippen LogP contribution in [0.2, 0.25) is 10.2 Å². The lowest BCUT2D eigenvalue weighted by Gasteiger charge is -2.10. The van der Waals surface area contributed by atoms with Crippen molar-refractivity contribution >= 4 is 39.1 Å². The van der Waals surface area contributed by atoms with Gasteiger partial charge in [0, 0.05) is 0 Å². The minimum absolute atomic E-state index is 0.0938. The summed E-state index contributed by atoms with van der Waals surface area (Å²) in [5.74, 6) is 0. The van der Waals surface area contributed by atoms with Gasteiger partial charge in [0.1, 0.15) is 5.15 Å². The molecule has 2 rings (SSSR count). The van der Waals surface area contributed by atoms with Gasteiger partial charge in [0.15, 0.2) is 0 Å². The third-order valence-corrected chi connectivity index (χ3v) is 4.52. The van der Waals surface area contributed by atoms with Gasteiger partial charge in [0.05, 0.1) is 20.7 Å². The van der Waals surface area contributed by atoms with Crippen LogP contribution in [0.15, 0.2) is 32.3 Å². The summed E-state index contributed by atoms with van der Waals surface area (Å²) >= 11 is 15.2. The minimum Gasteiger partial charge on any atom is -0.297 e. The van der Waals surface area contributed by atoms with Gasteiger partial charge in [-0.15, -0.1) is 0 Å². The lowest BCUT2D eigenvalue weighted by atomic mass is 10.2. The van der Waals surface area contributed by atoms with Gasteiger partial charge in [0.2, 0.25) is 0 Å². The van der Waals surface area contributed by atoms with Crippen LogP contribution in [0.5, 0.6) is 0 Å². The lowest BCUT2D eigenvalue weighted by Crippen LogP contribution is -2.36. The number of H-pyrrole nitrogens is 1. The van der Waals surface area contributed by atoms with E-state index in [2.05, 4.69) is 20.9 Å². The second-order valence-corrected chi connectivity index (χ2v) is 5.76. The Morgan fingerprint density at radius 1 is 1.30 bits per heavy atom. The summed E-state index contributed by atoms with van der Waals surface area (Å²) in [5, 5.41) is 0.511. The molecule has 1 N–H and O–H groups in total. The van der Waals surface area contributed by atoms with Crippen molar-refractivity contribution in [3.63, 3.8) is 0 Å². The zero-order valence-corrected chi connectivity index (χ0v) is 13.6. The van der Waals surface area contributed by atoms with E-state index in [9.17, 15) is 9.59 Å². The summed E-state index contributed by atoms with van der Waals surface area (Å²) in [4.78, 5) is 27.0. The molecule has 1 aromatic heterocycles. The maximum Gasteiger partial charge on any atom is 0.334 e. The fourth-order valence-corrected chi connectivity index (χ4v) is 2.76. The van der Waals surface area contributed by atoms with Crippen molar-refractivity contribution in [2.24, 2.45) is 0 Å². The average Bonchev–Trinajstić information content (AvgIpc) is 2.39. The van der Waals surface area contributed by atoms with Gasteiger partial charge >= 0.3 is 5.69 Å². The smallest absolute Gasteiger partial charge is 0.297 e. The number of aromatic nitrogens is 2. The van der Waals surface area contributed by atoms with Gasteiger partial charge < -0.3 is 0 Å². The largest absolute Gasteiger partial charge is 0.334 e. The zero-order chi connectivity index (χ0) is 14.9. The fraction of sp³-hybridized carbons (Fsp3) is 0.231. The first-order chi connectivity index (χ1) is 9.47. The van der Waals surface area contributed by atoms with Crippen LogP contribution >= 0.6 is 39.1 Å². The number of hydrogen-bond donors (Lipinski definition) is 1. The summed E-state index contributed by atoms with van der Waals surface area (Å²) in [7, 11) is 0. The number of benzene rings is 1. The molecule has 106 valence electrons. The molecular formula is C13H11BrCl2N2O2. The molecule has 0 radical (unpaired) electrons. The summed E-state index contributed by atoms with van der Waals surface area (Å²) < 4.78 is 1.52. The first-order valence-corrected chi connectivity index (χ1v) is 7.50. The van der Waals surface area contributed by atoms with E-state index in [1.807, 2.05) is 6.92 Å². The predicted molar refractivity (Wildman–Crippen MR) is 84.4 cm³/mol. The van der Waals surface area contributed by atoms with Crippen LogP contribution in [0, 0.1) is 0 Å². The highest BCUT2D eigenvalue weighted by molar-refractivity contribution is 9.10. The van der Waals surface area contributed by atoms with Gasteiger partial charge in [-0.3, -0.25) is 9.78 Å². The second kappa shape index (κ2) is 6.16. The van der Waals surface area contributed by atoms with Crippen molar-refractivity contribution in [3.05, 3.63) is 59.2 Å². The summed E-state index contributed by atoms with van der Waals surface area (Å²) in [6.45, 7) is 1.93. The molecule has 0 bridgehead atoms. The topological polar surface area (TPSA) is 54.9 Å². The van der Waals surface area contributed by atoms with E-state index in [1.54, 1.807) is 18.2 Å². The molecule has 0 aliphatic heterocycles. The van der Waals surface area contributed by atoms with Crippen LogP contribution in [0.25, 0.3) is 5.69 Å². The Bertz CT molecular complexity index is 768. The molecule has 0 saturated carbocycles. The summed E-state index contributed by atoms with van der Waals surface area (Å²) in [6.07, 6.45) is 1.24. The van der Waals surface area contributed by atoms with Crippen LogP contribution in [0.1, 0.15) is 18.9 Å². The maximum absolute atomic E-state index is 12.5. The molecule has 0 amide bonds. The molecule has 0 fully saturated rings. The monoisotopic (exact) mass is 376 g/mol. The normalized spacial score (nSPS) is 10.8. The maximum atomic E-state index is 12.5. The second-order valence-electron chi connectivity index (χ2n) is 4.19. The Balaban J connectivity index is 2.81. The van der Waals surface area contributed by atoms with E-state index in [0.29, 0.717) is 27.2 Å².